The highest BCUT2D eigenvalue weighted by atomic mass is 19.1. The number of hydrogen-bond donors (Lipinski definition) is 2. The first-order chi connectivity index (χ1) is 20.6. The minimum Gasteiger partial charge on any atom is -0.368 e. The van der Waals surface area contributed by atoms with E-state index in [2.05, 4.69) is 32.2 Å². The Labute approximate surface area is 247 Å². The summed E-state index contributed by atoms with van der Waals surface area (Å²) in [5, 5.41) is 7.78. The molecular formula is C31H35F3N8O. The Hall–Kier alpha value is -4.19. The minimum absolute atomic E-state index is 0.0269. The van der Waals surface area contributed by atoms with Crippen LogP contribution in [-0.4, -0.2) is 62.6 Å². The fourth-order valence-corrected chi connectivity index (χ4v) is 6.67. The molecule has 1 amide bonds. The molecule has 1 saturated heterocycles. The number of benzene rings is 1. The fourth-order valence-electron chi connectivity index (χ4n) is 6.67. The van der Waals surface area contributed by atoms with Crippen molar-refractivity contribution in [3.05, 3.63) is 66.1 Å². The molecule has 2 fully saturated rings. The van der Waals surface area contributed by atoms with E-state index in [0.29, 0.717) is 43.1 Å². The van der Waals surface area contributed by atoms with Gasteiger partial charge in [0.2, 0.25) is 11.9 Å². The standard InChI is InChI=1S/C31H35F3N8O/c1-18-16-41(17-24(35)29(18)40(3)19(2)43)27-8-11-36-15-26(27)38-30-37-14-21-6-7-25(39-42(21)30)28-22(32)12-20(13-23(28)33)31(34)9-4-5-10-31/h6-8,11-15,18,24,29H,4-5,9-10,16-17,35H2,1-3H3,(H,37,38). The molecule has 3 atom stereocenters. The summed E-state index contributed by atoms with van der Waals surface area (Å²) in [5.41, 5.74) is 6.71. The zero-order valence-corrected chi connectivity index (χ0v) is 24.4. The number of carbonyl (C=O) groups is 1. The van der Waals surface area contributed by atoms with Crippen molar-refractivity contribution in [1.82, 2.24) is 24.5 Å². The molecule has 3 N–H and O–H groups in total. The monoisotopic (exact) mass is 592 g/mol. The van der Waals surface area contributed by atoms with Gasteiger partial charge in [0.25, 0.3) is 0 Å². The van der Waals surface area contributed by atoms with Crippen LogP contribution in [0.4, 0.5) is 30.5 Å². The number of alkyl halides is 1. The summed E-state index contributed by atoms with van der Waals surface area (Å²) in [5.74, 6) is -1.33. The topological polar surface area (TPSA) is 105 Å². The molecule has 6 rings (SSSR count). The number of halogens is 3. The molecule has 0 spiro atoms. The lowest BCUT2D eigenvalue weighted by atomic mass is 9.88. The normalized spacial score (nSPS) is 21.7. The predicted octanol–water partition coefficient (Wildman–Crippen LogP) is 5.18. The van der Waals surface area contributed by atoms with E-state index in [4.69, 9.17) is 5.73 Å². The fraction of sp³-hybridized carbons (Fsp3) is 0.419. The van der Waals surface area contributed by atoms with Crippen LogP contribution >= 0.6 is 0 Å². The Balaban J connectivity index is 1.30. The van der Waals surface area contributed by atoms with Gasteiger partial charge in [-0.05, 0) is 67.5 Å². The lowest BCUT2D eigenvalue weighted by Crippen LogP contribution is -2.62. The van der Waals surface area contributed by atoms with Gasteiger partial charge in [0.15, 0.2) is 0 Å². The van der Waals surface area contributed by atoms with Gasteiger partial charge in [-0.3, -0.25) is 9.78 Å². The molecule has 4 aromatic rings. The number of likely N-dealkylation sites (N-methyl/N-ethyl adjacent to an activating group) is 1. The molecule has 12 heteroatoms. The smallest absolute Gasteiger partial charge is 0.229 e. The SMILES string of the molecule is CC(=O)N(C)C1C(C)CN(c2ccncc2Nc2ncc3ccc(-c4c(F)cc(C5(F)CCCC5)cc4F)nn23)CC1N. The second kappa shape index (κ2) is 11.1. The molecule has 9 nitrogen and oxygen atoms in total. The van der Waals surface area contributed by atoms with Crippen molar-refractivity contribution in [3.63, 3.8) is 0 Å². The number of anilines is 3. The number of nitrogens with one attached hydrogen (secondary N) is 1. The van der Waals surface area contributed by atoms with Gasteiger partial charge in [0.05, 0.1) is 46.6 Å². The molecule has 3 unspecified atom stereocenters. The van der Waals surface area contributed by atoms with Crippen molar-refractivity contribution in [2.24, 2.45) is 11.7 Å². The van der Waals surface area contributed by atoms with E-state index < -0.39 is 17.3 Å². The lowest BCUT2D eigenvalue weighted by molar-refractivity contribution is -0.131. The van der Waals surface area contributed by atoms with Gasteiger partial charge in [-0.1, -0.05) is 6.92 Å². The van der Waals surface area contributed by atoms with Crippen LogP contribution in [0.3, 0.4) is 0 Å². The van der Waals surface area contributed by atoms with Gasteiger partial charge < -0.3 is 20.9 Å². The van der Waals surface area contributed by atoms with E-state index in [1.165, 1.54) is 10.6 Å². The van der Waals surface area contributed by atoms with Crippen LogP contribution in [0, 0.1) is 17.6 Å². The summed E-state index contributed by atoms with van der Waals surface area (Å²) in [4.78, 5) is 24.6. The molecule has 226 valence electrons. The zero-order valence-electron chi connectivity index (χ0n) is 24.4. The summed E-state index contributed by atoms with van der Waals surface area (Å²) in [6, 6.07) is 6.88. The third kappa shape index (κ3) is 5.28. The van der Waals surface area contributed by atoms with Crippen molar-refractivity contribution >= 4 is 28.7 Å². The second-order valence-electron chi connectivity index (χ2n) is 11.8. The number of pyridine rings is 1. The Kier molecular flexibility index (Phi) is 7.49. The van der Waals surface area contributed by atoms with Crippen LogP contribution in [0.2, 0.25) is 0 Å². The van der Waals surface area contributed by atoms with Crippen molar-refractivity contribution in [2.45, 2.75) is 57.3 Å². The maximum absolute atomic E-state index is 15.3. The molecule has 0 bridgehead atoms. The van der Waals surface area contributed by atoms with E-state index in [1.54, 1.807) is 43.5 Å². The molecule has 1 saturated carbocycles. The number of carbonyl (C=O) groups excluding carboxylic acids is 1. The quantitative estimate of drug-likeness (QED) is 0.318. The predicted molar refractivity (Wildman–Crippen MR) is 159 cm³/mol. The van der Waals surface area contributed by atoms with Crippen molar-refractivity contribution in [2.75, 3.05) is 30.4 Å². The van der Waals surface area contributed by atoms with Crippen LogP contribution < -0.4 is 16.0 Å². The Morgan fingerprint density at radius 3 is 2.51 bits per heavy atom. The number of hydrogen-bond acceptors (Lipinski definition) is 7. The Bertz CT molecular complexity index is 1640. The molecule has 1 aliphatic heterocycles. The molecule has 3 aromatic heterocycles. The number of piperidine rings is 1. The largest absolute Gasteiger partial charge is 0.368 e. The number of nitrogens with two attached hydrogens (primary N) is 1. The second-order valence-corrected chi connectivity index (χ2v) is 11.8. The summed E-state index contributed by atoms with van der Waals surface area (Å²) >= 11 is 0. The molecule has 4 heterocycles. The Morgan fingerprint density at radius 2 is 1.84 bits per heavy atom. The van der Waals surface area contributed by atoms with Gasteiger partial charge in [-0.15, -0.1) is 0 Å². The average molecular weight is 593 g/mol. The lowest BCUT2D eigenvalue weighted by Gasteiger charge is -2.46. The number of amides is 1. The Morgan fingerprint density at radius 1 is 1.12 bits per heavy atom. The first-order valence-electron chi connectivity index (χ1n) is 14.5. The third-order valence-electron chi connectivity index (χ3n) is 8.89. The molecule has 0 radical (unpaired) electrons. The maximum atomic E-state index is 15.3. The van der Waals surface area contributed by atoms with Crippen molar-refractivity contribution in [3.8, 4) is 11.3 Å². The highest BCUT2D eigenvalue weighted by molar-refractivity contribution is 5.75. The zero-order chi connectivity index (χ0) is 30.5. The summed E-state index contributed by atoms with van der Waals surface area (Å²) in [6.45, 7) is 4.79. The summed E-state index contributed by atoms with van der Waals surface area (Å²) < 4.78 is 47.3. The molecule has 43 heavy (non-hydrogen) atoms. The van der Waals surface area contributed by atoms with Crippen LogP contribution in [0.25, 0.3) is 16.8 Å². The maximum Gasteiger partial charge on any atom is 0.229 e. The van der Waals surface area contributed by atoms with Crippen LogP contribution in [-0.2, 0) is 10.5 Å². The number of fused-ring (bicyclic) bond motifs is 1. The first-order valence-corrected chi connectivity index (χ1v) is 14.5. The summed E-state index contributed by atoms with van der Waals surface area (Å²) in [6.07, 6.45) is 6.85. The van der Waals surface area contributed by atoms with Gasteiger partial charge in [0.1, 0.15) is 17.3 Å². The number of aromatic nitrogens is 4. The van der Waals surface area contributed by atoms with Gasteiger partial charge in [-0.25, -0.2) is 18.2 Å². The van der Waals surface area contributed by atoms with Crippen molar-refractivity contribution in [1.29, 1.82) is 0 Å². The first kappa shape index (κ1) is 28.9. The molecule has 1 aliphatic carbocycles. The highest BCUT2D eigenvalue weighted by Crippen LogP contribution is 2.44. The van der Waals surface area contributed by atoms with E-state index in [0.717, 1.165) is 17.8 Å². The molecule has 1 aromatic carbocycles. The van der Waals surface area contributed by atoms with E-state index in [9.17, 15) is 4.79 Å². The van der Waals surface area contributed by atoms with E-state index in [1.807, 2.05) is 6.07 Å². The average Bonchev–Trinajstić information content (AvgIpc) is 3.59. The van der Waals surface area contributed by atoms with E-state index >= 15 is 13.2 Å². The molecular weight excluding hydrogens is 557 g/mol. The number of imidazole rings is 1. The van der Waals surface area contributed by atoms with Crippen LogP contribution in [0.5, 0.6) is 0 Å². The van der Waals surface area contributed by atoms with Crippen molar-refractivity contribution < 1.29 is 18.0 Å². The van der Waals surface area contributed by atoms with Gasteiger partial charge in [-0.2, -0.15) is 9.61 Å². The van der Waals surface area contributed by atoms with Gasteiger partial charge >= 0.3 is 0 Å². The van der Waals surface area contributed by atoms with E-state index in [-0.39, 0.29) is 53.6 Å². The van der Waals surface area contributed by atoms with Crippen LogP contribution in [0.15, 0.2) is 48.9 Å². The highest BCUT2D eigenvalue weighted by Gasteiger charge is 2.38. The van der Waals surface area contributed by atoms with Gasteiger partial charge in [0, 0.05) is 39.3 Å². The molecule has 2 aliphatic rings. The number of rotatable bonds is 6. The third-order valence-corrected chi connectivity index (χ3v) is 8.89. The summed E-state index contributed by atoms with van der Waals surface area (Å²) in [7, 11) is 1.78. The minimum atomic E-state index is -1.71. The van der Waals surface area contributed by atoms with Crippen LogP contribution in [0.1, 0.15) is 45.1 Å². The number of nitrogens with zero attached hydrogens (tertiary/aromatic N) is 6.